The second-order valence-corrected chi connectivity index (χ2v) is 10.8. The maximum absolute atomic E-state index is 14.0. The molecule has 1 aromatic heterocycles. The predicted octanol–water partition coefficient (Wildman–Crippen LogP) is 4.48. The van der Waals surface area contributed by atoms with Crippen molar-refractivity contribution in [1.29, 1.82) is 5.26 Å². The normalized spacial score (nSPS) is 20.4. The molecule has 2 aliphatic carbocycles. The highest BCUT2D eigenvalue weighted by molar-refractivity contribution is 6.01. The van der Waals surface area contributed by atoms with Gasteiger partial charge in [-0.15, -0.1) is 0 Å². The molecule has 2 saturated carbocycles. The molecule has 0 bridgehead atoms. The van der Waals surface area contributed by atoms with Gasteiger partial charge in [-0.25, -0.2) is 13.6 Å². The Hall–Kier alpha value is -4.46. The highest BCUT2D eigenvalue weighted by atomic mass is 19.3. The van der Waals surface area contributed by atoms with Crippen LogP contribution in [0.2, 0.25) is 0 Å². The number of rotatable bonds is 6. The summed E-state index contributed by atoms with van der Waals surface area (Å²) in [6.07, 6.45) is -0.637. The SMILES string of the molecule is N#CC1(NC(=O)C2(NC(=O)c3cc4ccc(-c5ccc(N6CCNC6=O)cc5)cc4o3)CCC(F)(F)CC2)CC1. The van der Waals surface area contributed by atoms with Gasteiger partial charge >= 0.3 is 6.03 Å². The molecule has 2 aromatic carbocycles. The van der Waals surface area contributed by atoms with Gasteiger partial charge in [0.05, 0.1) is 6.07 Å². The molecule has 40 heavy (non-hydrogen) atoms. The van der Waals surface area contributed by atoms with Crippen molar-refractivity contribution in [1.82, 2.24) is 16.0 Å². The first-order valence-corrected chi connectivity index (χ1v) is 13.2. The number of alkyl halides is 2. The van der Waals surface area contributed by atoms with Gasteiger partial charge in [0.2, 0.25) is 11.8 Å². The molecule has 0 radical (unpaired) electrons. The zero-order valence-corrected chi connectivity index (χ0v) is 21.6. The van der Waals surface area contributed by atoms with Crippen molar-refractivity contribution < 1.29 is 27.6 Å². The summed E-state index contributed by atoms with van der Waals surface area (Å²) in [6.45, 7) is 1.20. The van der Waals surface area contributed by atoms with Crippen LogP contribution in [0.4, 0.5) is 19.3 Å². The van der Waals surface area contributed by atoms with Crippen molar-refractivity contribution in [2.75, 3.05) is 18.0 Å². The minimum atomic E-state index is -2.92. The summed E-state index contributed by atoms with van der Waals surface area (Å²) in [4.78, 5) is 40.1. The molecule has 0 unspecified atom stereocenters. The first-order chi connectivity index (χ1) is 19.1. The van der Waals surface area contributed by atoms with E-state index in [1.165, 1.54) is 0 Å². The lowest BCUT2D eigenvalue weighted by molar-refractivity contribution is -0.133. The van der Waals surface area contributed by atoms with Crippen LogP contribution < -0.4 is 20.9 Å². The Kier molecular flexibility index (Phi) is 6.02. The van der Waals surface area contributed by atoms with E-state index in [-0.39, 0.29) is 24.6 Å². The molecule has 3 aromatic rings. The van der Waals surface area contributed by atoms with E-state index in [9.17, 15) is 28.4 Å². The Morgan fingerprint density at radius 2 is 1.65 bits per heavy atom. The van der Waals surface area contributed by atoms with Crippen molar-refractivity contribution in [2.24, 2.45) is 0 Å². The number of amides is 4. The van der Waals surface area contributed by atoms with Gasteiger partial charge < -0.3 is 20.4 Å². The second-order valence-electron chi connectivity index (χ2n) is 10.8. The van der Waals surface area contributed by atoms with Crippen LogP contribution in [-0.2, 0) is 4.79 Å². The lowest BCUT2D eigenvalue weighted by atomic mass is 9.78. The number of nitriles is 1. The molecule has 3 fully saturated rings. The van der Waals surface area contributed by atoms with Crippen LogP contribution in [0.5, 0.6) is 0 Å². The molecular formula is C29H27F2N5O4. The van der Waals surface area contributed by atoms with Gasteiger partial charge in [0, 0.05) is 37.0 Å². The number of nitrogens with zero attached hydrogens (tertiary/aromatic N) is 2. The number of halogens is 2. The van der Waals surface area contributed by atoms with Gasteiger partial charge in [0.15, 0.2) is 5.76 Å². The summed E-state index contributed by atoms with van der Waals surface area (Å²) in [5.41, 5.74) is 0.395. The van der Waals surface area contributed by atoms with Crippen molar-refractivity contribution in [2.45, 2.75) is 55.5 Å². The largest absolute Gasteiger partial charge is 0.451 e. The van der Waals surface area contributed by atoms with Gasteiger partial charge in [0.1, 0.15) is 16.7 Å². The molecule has 3 aliphatic rings. The monoisotopic (exact) mass is 547 g/mol. The number of hydrogen-bond donors (Lipinski definition) is 3. The summed E-state index contributed by atoms with van der Waals surface area (Å²) >= 11 is 0. The standard InChI is InChI=1S/C29H27F2N5O4/c30-29(31)11-9-28(10-12-29,25(38)35-27(17-32)7-8-27)34-24(37)23-16-20-2-1-19(15-22(20)40-23)18-3-5-21(6-4-18)36-14-13-33-26(36)39/h1-6,15-16H,7-14H2,(H,33,39)(H,34,37)(H,35,38). The Morgan fingerprint density at radius 3 is 2.27 bits per heavy atom. The van der Waals surface area contributed by atoms with E-state index in [0.717, 1.165) is 16.8 Å². The summed E-state index contributed by atoms with van der Waals surface area (Å²) < 4.78 is 33.8. The topological polar surface area (TPSA) is 127 Å². The number of benzene rings is 2. The van der Waals surface area contributed by atoms with E-state index in [2.05, 4.69) is 22.0 Å². The Balaban J connectivity index is 1.22. The minimum absolute atomic E-state index is 0.0477. The van der Waals surface area contributed by atoms with E-state index in [1.54, 1.807) is 23.1 Å². The number of urea groups is 1. The maximum atomic E-state index is 14.0. The molecule has 206 valence electrons. The lowest BCUT2D eigenvalue weighted by Gasteiger charge is -2.39. The molecule has 0 atom stereocenters. The Labute approximate surface area is 228 Å². The van der Waals surface area contributed by atoms with Gasteiger partial charge in [-0.05, 0) is 61.1 Å². The van der Waals surface area contributed by atoms with Crippen LogP contribution in [0.3, 0.4) is 0 Å². The quantitative estimate of drug-likeness (QED) is 0.419. The van der Waals surface area contributed by atoms with Gasteiger partial charge in [0.25, 0.3) is 5.91 Å². The van der Waals surface area contributed by atoms with Crippen molar-refractivity contribution in [3.63, 3.8) is 0 Å². The number of fused-ring (bicyclic) bond motifs is 1. The molecule has 6 rings (SSSR count). The van der Waals surface area contributed by atoms with Crippen LogP contribution in [0, 0.1) is 11.3 Å². The molecule has 0 spiro atoms. The van der Waals surface area contributed by atoms with Crippen LogP contribution in [0.25, 0.3) is 22.1 Å². The fourth-order valence-electron chi connectivity index (χ4n) is 5.33. The summed E-state index contributed by atoms with van der Waals surface area (Å²) in [5.74, 6) is -4.28. The third-order valence-corrected chi connectivity index (χ3v) is 8.05. The van der Waals surface area contributed by atoms with Gasteiger partial charge in [-0.2, -0.15) is 5.26 Å². The van der Waals surface area contributed by atoms with Crippen LogP contribution in [0.1, 0.15) is 49.1 Å². The van der Waals surface area contributed by atoms with Gasteiger partial charge in [-0.1, -0.05) is 24.3 Å². The molecule has 4 amide bonds. The third-order valence-electron chi connectivity index (χ3n) is 8.05. The smallest absolute Gasteiger partial charge is 0.321 e. The van der Waals surface area contributed by atoms with Crippen molar-refractivity contribution in [3.8, 4) is 17.2 Å². The molecule has 11 heteroatoms. The van der Waals surface area contributed by atoms with Crippen LogP contribution >= 0.6 is 0 Å². The third kappa shape index (κ3) is 4.74. The number of furan rings is 1. The number of carbonyl (C=O) groups excluding carboxylic acids is 3. The van der Waals surface area contributed by atoms with Crippen LogP contribution in [-0.4, -0.2) is 47.9 Å². The molecule has 1 aliphatic heterocycles. The first kappa shape index (κ1) is 25.8. The van der Waals surface area contributed by atoms with E-state index >= 15 is 0 Å². The highest BCUT2D eigenvalue weighted by Gasteiger charge is 2.53. The zero-order valence-electron chi connectivity index (χ0n) is 21.6. The average Bonchev–Trinajstić information content (AvgIpc) is 3.36. The average molecular weight is 548 g/mol. The lowest BCUT2D eigenvalue weighted by Crippen LogP contribution is -2.62. The Bertz CT molecular complexity index is 1540. The second kappa shape index (κ2) is 9.33. The highest BCUT2D eigenvalue weighted by Crippen LogP contribution is 2.41. The molecule has 1 saturated heterocycles. The fourth-order valence-corrected chi connectivity index (χ4v) is 5.33. The Morgan fingerprint density at radius 1 is 0.950 bits per heavy atom. The van der Waals surface area contributed by atoms with Crippen LogP contribution in [0.15, 0.2) is 52.9 Å². The number of hydrogen-bond acceptors (Lipinski definition) is 5. The minimum Gasteiger partial charge on any atom is -0.451 e. The fraction of sp³-hybridized carbons (Fsp3) is 0.379. The number of carbonyl (C=O) groups is 3. The van der Waals surface area contributed by atoms with E-state index in [0.29, 0.717) is 36.9 Å². The van der Waals surface area contributed by atoms with E-state index in [1.807, 2.05) is 30.3 Å². The van der Waals surface area contributed by atoms with Crippen molar-refractivity contribution in [3.05, 3.63) is 54.3 Å². The molecule has 2 heterocycles. The number of nitrogens with one attached hydrogen (secondary N) is 3. The molecule has 3 N–H and O–H groups in total. The molecular weight excluding hydrogens is 520 g/mol. The summed E-state index contributed by atoms with van der Waals surface area (Å²) in [6, 6.07) is 16.5. The van der Waals surface area contributed by atoms with E-state index < -0.39 is 41.7 Å². The van der Waals surface area contributed by atoms with E-state index in [4.69, 9.17) is 4.42 Å². The summed E-state index contributed by atoms with van der Waals surface area (Å²) in [7, 11) is 0. The van der Waals surface area contributed by atoms with Gasteiger partial charge in [-0.3, -0.25) is 14.5 Å². The zero-order chi connectivity index (χ0) is 28.1. The summed E-state index contributed by atoms with van der Waals surface area (Å²) in [5, 5.41) is 18.2. The molecule has 9 nitrogen and oxygen atoms in total. The first-order valence-electron chi connectivity index (χ1n) is 13.2. The predicted molar refractivity (Wildman–Crippen MR) is 142 cm³/mol. The van der Waals surface area contributed by atoms with Crippen molar-refractivity contribution >= 4 is 34.5 Å². The number of anilines is 1. The maximum Gasteiger partial charge on any atom is 0.321 e.